The van der Waals surface area contributed by atoms with Gasteiger partial charge >= 0.3 is 0 Å². The van der Waals surface area contributed by atoms with E-state index in [4.69, 9.17) is 16.3 Å². The molecule has 1 heterocycles. The molecule has 0 amide bonds. The summed E-state index contributed by atoms with van der Waals surface area (Å²) in [7, 11) is -2.13. The van der Waals surface area contributed by atoms with Crippen molar-refractivity contribution >= 4 is 21.6 Å². The Balaban J connectivity index is 2.28. The molecule has 8 heteroatoms. The number of benzene rings is 1. The van der Waals surface area contributed by atoms with E-state index in [1.165, 1.54) is 7.11 Å². The molecular weight excluding hydrogens is 326 g/mol. The van der Waals surface area contributed by atoms with Crippen molar-refractivity contribution in [2.45, 2.75) is 32.2 Å². The summed E-state index contributed by atoms with van der Waals surface area (Å²) < 4.78 is 32.7. The normalized spacial score (nSPS) is 11.7. The largest absolute Gasteiger partial charge is 0.496 e. The van der Waals surface area contributed by atoms with Gasteiger partial charge in [0.2, 0.25) is 10.0 Å². The van der Waals surface area contributed by atoms with Crippen molar-refractivity contribution in [1.82, 2.24) is 14.9 Å². The highest BCUT2D eigenvalue weighted by Gasteiger charge is 2.22. The Morgan fingerprint density at radius 1 is 1.32 bits per heavy atom. The molecule has 0 spiro atoms. The number of aromatic nitrogens is 2. The monoisotopic (exact) mass is 343 g/mol. The zero-order valence-electron chi connectivity index (χ0n) is 12.8. The summed E-state index contributed by atoms with van der Waals surface area (Å²) in [6.45, 7) is 5.24. The molecule has 0 aliphatic heterocycles. The van der Waals surface area contributed by atoms with Crippen LogP contribution in [0.4, 0.5) is 0 Å². The first-order valence-electron chi connectivity index (χ1n) is 6.60. The number of halogens is 1. The summed E-state index contributed by atoms with van der Waals surface area (Å²) in [5, 5.41) is 7.13. The summed E-state index contributed by atoms with van der Waals surface area (Å²) in [6, 6.07) is 3.48. The van der Waals surface area contributed by atoms with Crippen LogP contribution in [0.5, 0.6) is 5.75 Å². The second-order valence-corrected chi connectivity index (χ2v) is 7.11. The molecule has 22 heavy (non-hydrogen) atoms. The third-order valence-corrected chi connectivity index (χ3v) is 5.41. The Hall–Kier alpha value is -1.57. The van der Waals surface area contributed by atoms with Gasteiger partial charge in [0.15, 0.2) is 0 Å². The van der Waals surface area contributed by atoms with E-state index in [0.29, 0.717) is 27.7 Å². The van der Waals surface area contributed by atoms with E-state index in [1.807, 2.05) is 6.92 Å². The van der Waals surface area contributed by atoms with Gasteiger partial charge in [-0.2, -0.15) is 5.10 Å². The van der Waals surface area contributed by atoms with Crippen LogP contribution < -0.4 is 9.46 Å². The van der Waals surface area contributed by atoms with E-state index >= 15 is 0 Å². The molecule has 6 nitrogen and oxygen atoms in total. The van der Waals surface area contributed by atoms with E-state index in [1.54, 1.807) is 26.0 Å². The van der Waals surface area contributed by atoms with Crippen LogP contribution in [0.2, 0.25) is 5.02 Å². The second kappa shape index (κ2) is 6.28. The molecule has 0 unspecified atom stereocenters. The molecule has 0 saturated heterocycles. The van der Waals surface area contributed by atoms with Crippen LogP contribution in [-0.4, -0.2) is 25.7 Å². The van der Waals surface area contributed by atoms with Crippen LogP contribution in [-0.2, 0) is 16.6 Å². The third-order valence-electron chi connectivity index (χ3n) is 3.34. The predicted octanol–water partition coefficient (Wildman–Crippen LogP) is 2.48. The number of methoxy groups -OCH3 is 1. The van der Waals surface area contributed by atoms with Crippen LogP contribution >= 0.6 is 11.6 Å². The standard InChI is InChI=1S/C14H18ClN3O3S/c1-8-5-13(21-4)11(6-12(8)15)7-16-22(19,20)14-9(2)17-18-10(14)3/h5-6,16H,7H2,1-4H3,(H,17,18). The van der Waals surface area contributed by atoms with Gasteiger partial charge < -0.3 is 4.74 Å². The van der Waals surface area contributed by atoms with Crippen LogP contribution in [0, 0.1) is 20.8 Å². The van der Waals surface area contributed by atoms with E-state index in [0.717, 1.165) is 5.56 Å². The maximum atomic E-state index is 12.4. The minimum absolute atomic E-state index is 0.0789. The molecular formula is C14H18ClN3O3S. The number of rotatable bonds is 5. The SMILES string of the molecule is COc1cc(C)c(Cl)cc1CNS(=O)(=O)c1c(C)n[nH]c1C. The number of ether oxygens (including phenoxy) is 1. The molecule has 0 radical (unpaired) electrons. The average Bonchev–Trinajstić information content (AvgIpc) is 2.79. The lowest BCUT2D eigenvalue weighted by Crippen LogP contribution is -2.24. The number of aromatic amines is 1. The molecule has 1 aromatic carbocycles. The minimum atomic E-state index is -3.67. The molecule has 0 bridgehead atoms. The Morgan fingerprint density at radius 2 is 2.00 bits per heavy atom. The highest BCUT2D eigenvalue weighted by molar-refractivity contribution is 7.89. The average molecular weight is 344 g/mol. The molecule has 1 aromatic heterocycles. The number of aryl methyl sites for hydroxylation is 3. The predicted molar refractivity (Wildman–Crippen MR) is 84.8 cm³/mol. The molecule has 2 rings (SSSR count). The topological polar surface area (TPSA) is 84.1 Å². The number of nitrogens with zero attached hydrogens (tertiary/aromatic N) is 1. The Labute approximate surface area is 134 Å². The smallest absolute Gasteiger partial charge is 0.244 e. The molecule has 0 aliphatic carbocycles. The van der Waals surface area contributed by atoms with Crippen molar-refractivity contribution in [3.05, 3.63) is 39.7 Å². The number of hydrogen-bond acceptors (Lipinski definition) is 4. The van der Waals surface area contributed by atoms with Crippen molar-refractivity contribution in [3.8, 4) is 5.75 Å². The van der Waals surface area contributed by atoms with Gasteiger partial charge in [0, 0.05) is 17.1 Å². The summed E-state index contributed by atoms with van der Waals surface area (Å²) in [5.74, 6) is 0.588. The second-order valence-electron chi connectivity index (χ2n) is 5.00. The van der Waals surface area contributed by atoms with Crippen LogP contribution in [0.25, 0.3) is 0 Å². The summed E-state index contributed by atoms with van der Waals surface area (Å²) in [5.41, 5.74) is 2.46. The van der Waals surface area contributed by atoms with Gasteiger partial charge in [-0.3, -0.25) is 5.10 Å². The summed E-state index contributed by atoms with van der Waals surface area (Å²) in [4.78, 5) is 0.171. The number of sulfonamides is 1. The lowest BCUT2D eigenvalue weighted by atomic mass is 10.1. The number of nitrogens with one attached hydrogen (secondary N) is 2. The van der Waals surface area contributed by atoms with E-state index in [9.17, 15) is 8.42 Å². The first-order chi connectivity index (χ1) is 10.3. The lowest BCUT2D eigenvalue weighted by Gasteiger charge is -2.12. The molecule has 0 saturated carbocycles. The highest BCUT2D eigenvalue weighted by atomic mass is 35.5. The van der Waals surface area contributed by atoms with Gasteiger partial charge in [-0.25, -0.2) is 13.1 Å². The van der Waals surface area contributed by atoms with Gasteiger partial charge in [-0.1, -0.05) is 11.6 Å². The van der Waals surface area contributed by atoms with Gasteiger partial charge in [0.25, 0.3) is 0 Å². The summed E-state index contributed by atoms with van der Waals surface area (Å²) in [6.07, 6.45) is 0. The fraction of sp³-hybridized carbons (Fsp3) is 0.357. The zero-order chi connectivity index (χ0) is 16.5. The Bertz CT molecular complexity index is 780. The molecule has 0 fully saturated rings. The molecule has 0 aliphatic rings. The molecule has 2 N–H and O–H groups in total. The van der Waals surface area contributed by atoms with E-state index in [-0.39, 0.29) is 11.4 Å². The van der Waals surface area contributed by atoms with Gasteiger partial charge in [-0.15, -0.1) is 0 Å². The minimum Gasteiger partial charge on any atom is -0.496 e. The van der Waals surface area contributed by atoms with Gasteiger partial charge in [0.1, 0.15) is 10.6 Å². The van der Waals surface area contributed by atoms with Crippen molar-refractivity contribution in [1.29, 1.82) is 0 Å². The summed E-state index contributed by atoms with van der Waals surface area (Å²) >= 11 is 6.10. The Kier molecular flexibility index (Phi) is 4.79. The number of hydrogen-bond donors (Lipinski definition) is 2. The highest BCUT2D eigenvalue weighted by Crippen LogP contribution is 2.27. The zero-order valence-corrected chi connectivity index (χ0v) is 14.4. The van der Waals surface area contributed by atoms with Crippen LogP contribution in [0.1, 0.15) is 22.5 Å². The van der Waals surface area contributed by atoms with Crippen molar-refractivity contribution < 1.29 is 13.2 Å². The van der Waals surface area contributed by atoms with Crippen molar-refractivity contribution in [2.24, 2.45) is 0 Å². The van der Waals surface area contributed by atoms with Gasteiger partial charge in [-0.05, 0) is 38.5 Å². The third kappa shape index (κ3) is 3.26. The van der Waals surface area contributed by atoms with Crippen LogP contribution in [0.3, 0.4) is 0 Å². The maximum absolute atomic E-state index is 12.4. The first kappa shape index (κ1) is 16.8. The fourth-order valence-corrected chi connectivity index (χ4v) is 3.77. The van der Waals surface area contributed by atoms with E-state index < -0.39 is 10.0 Å². The first-order valence-corrected chi connectivity index (χ1v) is 8.46. The van der Waals surface area contributed by atoms with Crippen LogP contribution in [0.15, 0.2) is 17.0 Å². The van der Waals surface area contributed by atoms with Crippen molar-refractivity contribution in [3.63, 3.8) is 0 Å². The molecule has 120 valence electrons. The number of H-pyrrole nitrogens is 1. The quantitative estimate of drug-likeness (QED) is 0.873. The van der Waals surface area contributed by atoms with Crippen molar-refractivity contribution in [2.75, 3.05) is 7.11 Å². The molecule has 0 atom stereocenters. The Morgan fingerprint density at radius 3 is 2.55 bits per heavy atom. The van der Waals surface area contributed by atoms with E-state index in [2.05, 4.69) is 14.9 Å². The lowest BCUT2D eigenvalue weighted by molar-refractivity contribution is 0.409. The molecule has 2 aromatic rings. The van der Waals surface area contributed by atoms with Gasteiger partial charge in [0.05, 0.1) is 18.5 Å². The maximum Gasteiger partial charge on any atom is 0.244 e. The fourth-order valence-electron chi connectivity index (χ4n) is 2.21.